The summed E-state index contributed by atoms with van der Waals surface area (Å²) in [5.74, 6) is 3.13. The first-order valence-electron chi connectivity index (χ1n) is 9.00. The second-order valence-electron chi connectivity index (χ2n) is 6.46. The molecule has 0 atom stereocenters. The van der Waals surface area contributed by atoms with Gasteiger partial charge in [-0.15, -0.1) is 0 Å². The van der Waals surface area contributed by atoms with Gasteiger partial charge in [0.2, 0.25) is 0 Å². The van der Waals surface area contributed by atoms with E-state index in [0.29, 0.717) is 0 Å². The average molecular weight is 374 g/mol. The Labute approximate surface area is 164 Å². The van der Waals surface area contributed by atoms with Crippen LogP contribution < -0.4 is 18.9 Å². The molecule has 0 radical (unpaired) electrons. The van der Waals surface area contributed by atoms with Gasteiger partial charge in [-0.05, 0) is 57.9 Å². The van der Waals surface area contributed by atoms with E-state index in [9.17, 15) is 0 Å². The Hall–Kier alpha value is -3.40. The van der Waals surface area contributed by atoms with Crippen molar-refractivity contribution in [3.8, 4) is 34.1 Å². The van der Waals surface area contributed by atoms with Crippen LogP contribution in [0, 0.1) is 0 Å². The lowest BCUT2D eigenvalue weighted by molar-refractivity contribution is 0.410. The fourth-order valence-corrected chi connectivity index (χ4v) is 3.67. The van der Waals surface area contributed by atoms with Crippen molar-refractivity contribution in [2.45, 2.75) is 0 Å². The maximum absolute atomic E-state index is 5.76. The van der Waals surface area contributed by atoms with Gasteiger partial charge in [-0.3, -0.25) is 0 Å². The third-order valence-electron chi connectivity index (χ3n) is 5.07. The Balaban J connectivity index is 2.19. The van der Waals surface area contributed by atoms with Crippen LogP contribution in [-0.2, 0) is 0 Å². The van der Waals surface area contributed by atoms with Crippen LogP contribution in [-0.4, -0.2) is 28.4 Å². The maximum Gasteiger partial charge on any atom is 0.127 e. The van der Waals surface area contributed by atoms with Crippen molar-refractivity contribution < 1.29 is 18.9 Å². The van der Waals surface area contributed by atoms with Gasteiger partial charge < -0.3 is 18.9 Å². The third kappa shape index (κ3) is 2.87. The molecule has 4 heteroatoms. The predicted octanol–water partition coefficient (Wildman–Crippen LogP) is 5.69. The molecule has 4 rings (SSSR count). The molecule has 4 nitrogen and oxygen atoms in total. The zero-order chi connectivity index (χ0) is 19.7. The van der Waals surface area contributed by atoms with Crippen LogP contribution in [0.4, 0.5) is 0 Å². The number of benzene rings is 4. The van der Waals surface area contributed by atoms with Gasteiger partial charge in [0.1, 0.15) is 23.0 Å². The summed E-state index contributed by atoms with van der Waals surface area (Å²) >= 11 is 0. The van der Waals surface area contributed by atoms with E-state index in [1.807, 2.05) is 36.4 Å². The number of hydrogen-bond acceptors (Lipinski definition) is 4. The molecule has 0 aliphatic heterocycles. The Morgan fingerprint density at radius 1 is 0.464 bits per heavy atom. The summed E-state index contributed by atoms with van der Waals surface area (Å²) in [6.07, 6.45) is 0. The first-order valence-corrected chi connectivity index (χ1v) is 9.00. The maximum atomic E-state index is 5.76. The molecule has 4 aromatic carbocycles. The van der Waals surface area contributed by atoms with Crippen LogP contribution in [0.2, 0.25) is 0 Å². The fourth-order valence-electron chi connectivity index (χ4n) is 3.67. The SMILES string of the molecule is COc1ccc2ccc(OC)c(-c3c(OC)ccc4ccc(OC)cc34)c2c1. The highest BCUT2D eigenvalue weighted by atomic mass is 16.5. The summed E-state index contributed by atoms with van der Waals surface area (Å²) in [7, 11) is 6.71. The fraction of sp³-hybridized carbons (Fsp3) is 0.167. The molecule has 0 unspecified atom stereocenters. The molecule has 0 saturated carbocycles. The zero-order valence-corrected chi connectivity index (χ0v) is 16.4. The summed E-state index contributed by atoms with van der Waals surface area (Å²) in [5.41, 5.74) is 1.93. The lowest BCUT2D eigenvalue weighted by Gasteiger charge is -2.18. The van der Waals surface area contributed by atoms with E-state index in [1.165, 1.54) is 0 Å². The van der Waals surface area contributed by atoms with E-state index in [4.69, 9.17) is 18.9 Å². The average Bonchev–Trinajstić information content (AvgIpc) is 2.76. The van der Waals surface area contributed by atoms with Gasteiger partial charge in [0.05, 0.1) is 28.4 Å². The van der Waals surface area contributed by atoms with E-state index in [2.05, 4.69) is 24.3 Å². The van der Waals surface area contributed by atoms with E-state index < -0.39 is 0 Å². The second kappa shape index (κ2) is 7.31. The Morgan fingerprint density at radius 2 is 0.857 bits per heavy atom. The minimum Gasteiger partial charge on any atom is -0.497 e. The topological polar surface area (TPSA) is 36.9 Å². The van der Waals surface area contributed by atoms with Gasteiger partial charge in [0, 0.05) is 11.1 Å². The van der Waals surface area contributed by atoms with E-state index >= 15 is 0 Å². The van der Waals surface area contributed by atoms with Crippen molar-refractivity contribution in [1.82, 2.24) is 0 Å². The number of fused-ring (bicyclic) bond motifs is 2. The molecule has 28 heavy (non-hydrogen) atoms. The number of rotatable bonds is 5. The molecule has 0 aliphatic carbocycles. The molecule has 0 saturated heterocycles. The summed E-state index contributed by atoms with van der Waals surface area (Å²) in [5, 5.41) is 4.26. The van der Waals surface area contributed by atoms with Crippen LogP contribution in [0.5, 0.6) is 23.0 Å². The summed E-state index contributed by atoms with van der Waals surface area (Å²) < 4.78 is 22.5. The van der Waals surface area contributed by atoms with Gasteiger partial charge in [-0.2, -0.15) is 0 Å². The highest BCUT2D eigenvalue weighted by molar-refractivity contribution is 6.10. The van der Waals surface area contributed by atoms with Crippen molar-refractivity contribution in [2.24, 2.45) is 0 Å². The molecule has 4 aromatic rings. The summed E-state index contributed by atoms with van der Waals surface area (Å²) in [6.45, 7) is 0. The highest BCUT2D eigenvalue weighted by Crippen LogP contribution is 2.46. The number of methoxy groups -OCH3 is 4. The Morgan fingerprint density at radius 3 is 1.21 bits per heavy atom. The van der Waals surface area contributed by atoms with E-state index in [0.717, 1.165) is 55.7 Å². The normalized spacial score (nSPS) is 10.9. The molecule has 142 valence electrons. The minimum absolute atomic E-state index is 0.773. The van der Waals surface area contributed by atoms with Crippen LogP contribution in [0.1, 0.15) is 0 Å². The highest BCUT2D eigenvalue weighted by Gasteiger charge is 2.19. The smallest absolute Gasteiger partial charge is 0.127 e. The van der Waals surface area contributed by atoms with Crippen molar-refractivity contribution in [3.05, 3.63) is 60.7 Å². The van der Waals surface area contributed by atoms with Gasteiger partial charge >= 0.3 is 0 Å². The molecular weight excluding hydrogens is 352 g/mol. The number of ether oxygens (including phenoxy) is 4. The number of hydrogen-bond donors (Lipinski definition) is 0. The van der Waals surface area contributed by atoms with Crippen molar-refractivity contribution >= 4 is 21.5 Å². The van der Waals surface area contributed by atoms with Crippen LogP contribution in [0.3, 0.4) is 0 Å². The zero-order valence-electron chi connectivity index (χ0n) is 16.4. The van der Waals surface area contributed by atoms with Gasteiger partial charge in [0.25, 0.3) is 0 Å². The monoisotopic (exact) mass is 374 g/mol. The van der Waals surface area contributed by atoms with Crippen molar-refractivity contribution in [3.63, 3.8) is 0 Å². The van der Waals surface area contributed by atoms with Crippen molar-refractivity contribution in [2.75, 3.05) is 28.4 Å². The summed E-state index contributed by atoms with van der Waals surface area (Å²) in [6, 6.07) is 20.2. The van der Waals surface area contributed by atoms with Gasteiger partial charge in [-0.25, -0.2) is 0 Å². The molecule has 0 bridgehead atoms. The molecule has 0 spiro atoms. The van der Waals surface area contributed by atoms with Crippen LogP contribution in [0.15, 0.2) is 60.7 Å². The summed E-state index contributed by atoms with van der Waals surface area (Å²) in [4.78, 5) is 0. The molecule has 0 fully saturated rings. The standard InChI is InChI=1S/C24H22O4/c1-25-17-9-5-15-7-11-21(27-3)23(19(15)13-17)24-20-14-18(26-2)10-6-16(20)8-12-22(24)28-4/h5-14H,1-4H3. The molecule has 0 amide bonds. The van der Waals surface area contributed by atoms with Crippen molar-refractivity contribution in [1.29, 1.82) is 0 Å². The van der Waals surface area contributed by atoms with E-state index in [-0.39, 0.29) is 0 Å². The largest absolute Gasteiger partial charge is 0.497 e. The van der Waals surface area contributed by atoms with E-state index in [1.54, 1.807) is 28.4 Å². The minimum atomic E-state index is 0.773. The molecule has 0 heterocycles. The molecule has 0 aromatic heterocycles. The van der Waals surface area contributed by atoms with Crippen LogP contribution >= 0.6 is 0 Å². The lowest BCUT2D eigenvalue weighted by Crippen LogP contribution is -1.95. The Kier molecular flexibility index (Phi) is 4.70. The molecule has 0 aliphatic rings. The van der Waals surface area contributed by atoms with Crippen LogP contribution in [0.25, 0.3) is 32.7 Å². The first-order chi connectivity index (χ1) is 13.7. The quantitative estimate of drug-likeness (QED) is 0.449. The first kappa shape index (κ1) is 18.0. The second-order valence-corrected chi connectivity index (χ2v) is 6.46. The molecule has 0 N–H and O–H groups in total. The Bertz CT molecular complexity index is 1060. The van der Waals surface area contributed by atoms with Gasteiger partial charge in [-0.1, -0.05) is 24.3 Å². The third-order valence-corrected chi connectivity index (χ3v) is 5.07. The van der Waals surface area contributed by atoms with Gasteiger partial charge in [0.15, 0.2) is 0 Å². The predicted molar refractivity (Wildman–Crippen MR) is 113 cm³/mol. The lowest BCUT2D eigenvalue weighted by atomic mass is 9.92. The molecular formula is C24H22O4.